The van der Waals surface area contributed by atoms with Crippen molar-refractivity contribution < 1.29 is 8.99 Å². The Morgan fingerprint density at radius 3 is 2.10 bits per heavy atom. The third-order valence-electron chi connectivity index (χ3n) is 1.21. The van der Waals surface area contributed by atoms with Crippen molar-refractivity contribution in [1.82, 2.24) is 0 Å². The van der Waals surface area contributed by atoms with Gasteiger partial charge in [-0.2, -0.15) is 0 Å². The molecule has 0 aliphatic rings. The zero-order valence-corrected chi connectivity index (χ0v) is 6.60. The number of hydrogen-bond donors (Lipinski definition) is 1. The Labute approximate surface area is 60.9 Å². The molecule has 3 heteroatoms. The first-order chi connectivity index (χ1) is 4.61. The van der Waals surface area contributed by atoms with E-state index < -0.39 is 9.73 Å². The Morgan fingerprint density at radius 2 is 1.80 bits per heavy atom. The average molecular weight is 156 g/mol. The van der Waals surface area contributed by atoms with Gasteiger partial charge in [-0.15, -0.1) is 0 Å². The number of benzene rings is 1. The predicted molar refractivity (Wildman–Crippen MR) is 40.7 cm³/mol. The molecule has 1 atom stereocenters. The highest BCUT2D eigenvalue weighted by Gasteiger charge is 2.03. The summed E-state index contributed by atoms with van der Waals surface area (Å²) in [7, 11) is -2.25. The number of hydrogen-bond acceptors (Lipinski definition) is 1. The zero-order chi connectivity index (χ0) is 7.61. The van der Waals surface area contributed by atoms with Crippen LogP contribution in [0.2, 0.25) is 0 Å². The van der Waals surface area contributed by atoms with Gasteiger partial charge in [0.2, 0.25) is 0 Å². The van der Waals surface area contributed by atoms with Gasteiger partial charge in [-0.05, 0) is 12.1 Å². The Balaban J connectivity index is 3.22. The second-order valence-electron chi connectivity index (χ2n) is 2.22. The SMILES string of the molecule is C[S@](=[NH2+])(=O)c1ccccc1. The van der Waals surface area contributed by atoms with Crippen molar-refractivity contribution in [1.29, 1.82) is 0 Å². The molecule has 0 aliphatic heterocycles. The smallest absolute Gasteiger partial charge is 0.176 e. The summed E-state index contributed by atoms with van der Waals surface area (Å²) in [5.41, 5.74) is 0. The van der Waals surface area contributed by atoms with Gasteiger partial charge in [-0.3, -0.25) is 0 Å². The van der Waals surface area contributed by atoms with E-state index in [1.165, 1.54) is 6.26 Å². The number of nitrogens with two attached hydrogens (primary N) is 1. The van der Waals surface area contributed by atoms with Crippen LogP contribution in [-0.2, 0) is 9.73 Å². The van der Waals surface area contributed by atoms with Gasteiger partial charge in [0.25, 0.3) is 0 Å². The van der Waals surface area contributed by atoms with Gasteiger partial charge in [0, 0.05) is 0 Å². The summed E-state index contributed by atoms with van der Waals surface area (Å²) in [6.07, 6.45) is 1.53. The quantitative estimate of drug-likeness (QED) is 0.606. The first kappa shape index (κ1) is 7.28. The van der Waals surface area contributed by atoms with Crippen LogP contribution in [0.4, 0.5) is 0 Å². The Morgan fingerprint density at radius 1 is 1.30 bits per heavy atom. The Bertz CT molecular complexity index is 302. The summed E-state index contributed by atoms with van der Waals surface area (Å²) in [6, 6.07) is 9.05. The fraction of sp³-hybridized carbons (Fsp3) is 0.143. The van der Waals surface area contributed by atoms with Crippen LogP contribution in [0.5, 0.6) is 0 Å². The monoisotopic (exact) mass is 156 g/mol. The fourth-order valence-corrected chi connectivity index (χ4v) is 1.39. The van der Waals surface area contributed by atoms with E-state index in [1.54, 1.807) is 12.1 Å². The third kappa shape index (κ3) is 1.57. The van der Waals surface area contributed by atoms with Gasteiger partial charge < -0.3 is 0 Å². The van der Waals surface area contributed by atoms with Crippen LogP contribution in [0, 0.1) is 0 Å². The summed E-state index contributed by atoms with van der Waals surface area (Å²) in [4.78, 5) is 0.704. The standard InChI is InChI=1S/C7H9NOS/c1-10(8,9)7-5-3-2-4-6-7/h2-6,8H,1H3/p+1/t10-/m0/s1. The van der Waals surface area contributed by atoms with Crippen molar-refractivity contribution in [3.8, 4) is 0 Å². The minimum absolute atomic E-state index is 0.704. The molecule has 10 heavy (non-hydrogen) atoms. The minimum atomic E-state index is -2.25. The van der Waals surface area contributed by atoms with Crippen molar-refractivity contribution in [3.63, 3.8) is 0 Å². The first-order valence-electron chi connectivity index (χ1n) is 2.93. The summed E-state index contributed by atoms with van der Waals surface area (Å²) >= 11 is 0. The predicted octanol–water partition coefficient (Wildman–Crippen LogP) is -0.0976. The Hall–Kier alpha value is -0.830. The van der Waals surface area contributed by atoms with Crippen LogP contribution in [0.1, 0.15) is 0 Å². The maximum atomic E-state index is 11.2. The second kappa shape index (κ2) is 2.42. The molecule has 0 amide bonds. The van der Waals surface area contributed by atoms with Crippen LogP contribution in [-0.4, -0.2) is 10.5 Å². The lowest BCUT2D eigenvalue weighted by atomic mass is 10.4. The number of rotatable bonds is 1. The van der Waals surface area contributed by atoms with E-state index >= 15 is 0 Å². The molecule has 0 saturated heterocycles. The maximum Gasteiger partial charge on any atom is 0.176 e. The molecule has 1 aromatic rings. The molecule has 2 N–H and O–H groups in total. The van der Waals surface area contributed by atoms with Crippen molar-refractivity contribution in [3.05, 3.63) is 30.3 Å². The van der Waals surface area contributed by atoms with Crippen molar-refractivity contribution in [2.24, 2.45) is 0 Å². The van der Waals surface area contributed by atoms with E-state index in [0.717, 1.165) is 0 Å². The summed E-state index contributed by atoms with van der Waals surface area (Å²) in [5.74, 6) is 0. The molecular weight excluding hydrogens is 146 g/mol. The third-order valence-corrected chi connectivity index (χ3v) is 2.42. The highest BCUT2D eigenvalue weighted by molar-refractivity contribution is 7.90. The van der Waals surface area contributed by atoms with E-state index in [-0.39, 0.29) is 0 Å². The van der Waals surface area contributed by atoms with Crippen molar-refractivity contribution >= 4 is 9.73 Å². The van der Waals surface area contributed by atoms with Crippen LogP contribution in [0.25, 0.3) is 0 Å². The second-order valence-corrected chi connectivity index (χ2v) is 4.50. The van der Waals surface area contributed by atoms with E-state index in [9.17, 15) is 4.21 Å². The summed E-state index contributed by atoms with van der Waals surface area (Å²) in [5, 5.41) is 0. The van der Waals surface area contributed by atoms with Gasteiger partial charge in [-0.1, -0.05) is 18.2 Å². The Kier molecular flexibility index (Phi) is 1.76. The van der Waals surface area contributed by atoms with Crippen LogP contribution >= 0.6 is 0 Å². The molecule has 0 saturated carbocycles. The van der Waals surface area contributed by atoms with E-state index in [1.807, 2.05) is 18.2 Å². The molecule has 0 spiro atoms. The lowest BCUT2D eigenvalue weighted by Crippen LogP contribution is -2.38. The molecule has 0 fully saturated rings. The van der Waals surface area contributed by atoms with Gasteiger partial charge >= 0.3 is 0 Å². The molecule has 0 aliphatic carbocycles. The van der Waals surface area contributed by atoms with Gasteiger partial charge in [-0.25, -0.2) is 8.99 Å². The lowest BCUT2D eigenvalue weighted by Gasteiger charge is -1.92. The van der Waals surface area contributed by atoms with E-state index in [4.69, 9.17) is 4.78 Å². The first-order valence-corrected chi connectivity index (χ1v) is 4.95. The molecule has 0 bridgehead atoms. The maximum absolute atomic E-state index is 11.2. The van der Waals surface area contributed by atoms with E-state index in [0.29, 0.717) is 4.90 Å². The van der Waals surface area contributed by atoms with Crippen LogP contribution < -0.4 is 4.78 Å². The van der Waals surface area contributed by atoms with Gasteiger partial charge in [0.05, 0.1) is 11.2 Å². The highest BCUT2D eigenvalue weighted by Crippen LogP contribution is 2.03. The van der Waals surface area contributed by atoms with Crippen LogP contribution in [0.3, 0.4) is 0 Å². The van der Waals surface area contributed by atoms with Gasteiger partial charge in [0.15, 0.2) is 9.73 Å². The van der Waals surface area contributed by atoms with Crippen molar-refractivity contribution in [2.45, 2.75) is 4.90 Å². The molecule has 2 nitrogen and oxygen atoms in total. The highest BCUT2D eigenvalue weighted by atomic mass is 32.2. The molecular formula is C7H10NOS+. The molecule has 0 heterocycles. The zero-order valence-electron chi connectivity index (χ0n) is 5.78. The largest absolute Gasteiger partial charge is 0.211 e. The minimum Gasteiger partial charge on any atom is -0.211 e. The fourth-order valence-electron chi connectivity index (χ4n) is 0.691. The van der Waals surface area contributed by atoms with Gasteiger partial charge in [0.1, 0.15) is 0 Å². The normalized spacial score (nSPS) is 16.1. The van der Waals surface area contributed by atoms with Crippen molar-refractivity contribution in [2.75, 3.05) is 6.26 Å². The molecule has 0 radical (unpaired) electrons. The molecule has 54 valence electrons. The molecule has 0 aromatic heterocycles. The molecule has 1 aromatic carbocycles. The average Bonchev–Trinajstić information content (AvgIpc) is 1.88. The molecule has 0 unspecified atom stereocenters. The topological polar surface area (TPSA) is 42.7 Å². The van der Waals surface area contributed by atoms with Crippen LogP contribution in [0.15, 0.2) is 35.2 Å². The van der Waals surface area contributed by atoms with E-state index in [2.05, 4.69) is 0 Å². The summed E-state index contributed by atoms with van der Waals surface area (Å²) < 4.78 is 16.6. The molecule has 1 rings (SSSR count). The lowest BCUT2D eigenvalue weighted by molar-refractivity contribution is -0.0818. The summed E-state index contributed by atoms with van der Waals surface area (Å²) in [6.45, 7) is 0.